The molecule has 5 nitrogen and oxygen atoms in total. The Morgan fingerprint density at radius 3 is 2.38 bits per heavy atom. The molecule has 5 heteroatoms. The second-order valence-electron chi connectivity index (χ2n) is 4.16. The zero-order valence-corrected chi connectivity index (χ0v) is 9.82. The van der Waals surface area contributed by atoms with Crippen LogP contribution in [0.3, 0.4) is 0 Å². The van der Waals surface area contributed by atoms with Crippen molar-refractivity contribution in [3.05, 3.63) is 5.82 Å². The fraction of sp³-hybridized carbons (Fsp3) is 0.727. The van der Waals surface area contributed by atoms with E-state index in [0.29, 0.717) is 5.95 Å². The number of hydrogen-bond acceptors (Lipinski definition) is 5. The molecule has 1 aliphatic rings. The predicted octanol–water partition coefficient (Wildman–Crippen LogP) is 1.40. The summed E-state index contributed by atoms with van der Waals surface area (Å²) in [5, 5.41) is 0. The van der Waals surface area contributed by atoms with Crippen molar-refractivity contribution in [2.45, 2.75) is 39.0 Å². The van der Waals surface area contributed by atoms with Crippen LogP contribution in [0.1, 0.15) is 38.4 Å². The van der Waals surface area contributed by atoms with Gasteiger partial charge in [0.2, 0.25) is 11.9 Å². The number of nitrogens with two attached hydrogens (primary N) is 1. The first kappa shape index (κ1) is 11.1. The lowest BCUT2D eigenvalue weighted by Gasteiger charge is -2.20. The first-order valence-corrected chi connectivity index (χ1v) is 6.05. The van der Waals surface area contributed by atoms with Gasteiger partial charge >= 0.3 is 0 Å². The minimum atomic E-state index is 0.339. The zero-order chi connectivity index (χ0) is 11.4. The van der Waals surface area contributed by atoms with Crippen molar-refractivity contribution >= 4 is 11.9 Å². The van der Waals surface area contributed by atoms with Gasteiger partial charge in [0.15, 0.2) is 0 Å². The standard InChI is InChI=1S/C11H19N5/c1-2-9-13-10(12)15-11(14-9)16-7-5-3-4-6-8-16/h2-8H2,1H3,(H2,12,13,14,15). The fourth-order valence-electron chi connectivity index (χ4n) is 2.00. The lowest BCUT2D eigenvalue weighted by atomic mass is 10.2. The largest absolute Gasteiger partial charge is 0.368 e. The molecule has 0 atom stereocenters. The van der Waals surface area contributed by atoms with E-state index in [2.05, 4.69) is 19.9 Å². The fourth-order valence-corrected chi connectivity index (χ4v) is 2.00. The smallest absolute Gasteiger partial charge is 0.230 e. The third-order valence-electron chi connectivity index (χ3n) is 2.89. The summed E-state index contributed by atoms with van der Waals surface area (Å²) in [7, 11) is 0. The molecule has 2 rings (SSSR count). The van der Waals surface area contributed by atoms with Crippen LogP contribution >= 0.6 is 0 Å². The van der Waals surface area contributed by atoms with Crippen molar-refractivity contribution in [2.24, 2.45) is 0 Å². The summed E-state index contributed by atoms with van der Waals surface area (Å²) < 4.78 is 0. The average Bonchev–Trinajstić information content (AvgIpc) is 2.56. The Hall–Kier alpha value is -1.39. The molecule has 16 heavy (non-hydrogen) atoms. The van der Waals surface area contributed by atoms with Crippen LogP contribution in [0.2, 0.25) is 0 Å². The molecule has 1 aromatic rings. The van der Waals surface area contributed by atoms with E-state index >= 15 is 0 Å². The van der Waals surface area contributed by atoms with Gasteiger partial charge in [-0.15, -0.1) is 0 Å². The Morgan fingerprint density at radius 1 is 1.06 bits per heavy atom. The number of nitrogen functional groups attached to an aromatic ring is 1. The normalized spacial score (nSPS) is 17.2. The molecule has 2 heterocycles. The summed E-state index contributed by atoms with van der Waals surface area (Å²) in [6.45, 7) is 4.10. The SMILES string of the molecule is CCc1nc(N)nc(N2CCCCCC2)n1. The molecule has 0 unspecified atom stereocenters. The van der Waals surface area contributed by atoms with E-state index in [1.54, 1.807) is 0 Å². The number of anilines is 2. The summed E-state index contributed by atoms with van der Waals surface area (Å²) in [4.78, 5) is 15.0. The molecule has 1 fully saturated rings. The Kier molecular flexibility index (Phi) is 3.54. The highest BCUT2D eigenvalue weighted by atomic mass is 15.3. The summed E-state index contributed by atoms with van der Waals surface area (Å²) in [5.74, 6) is 1.88. The monoisotopic (exact) mass is 221 g/mol. The van der Waals surface area contributed by atoms with Gasteiger partial charge < -0.3 is 10.6 Å². The van der Waals surface area contributed by atoms with Gasteiger partial charge in [-0.05, 0) is 12.8 Å². The predicted molar refractivity (Wildman–Crippen MR) is 64.3 cm³/mol. The summed E-state index contributed by atoms with van der Waals surface area (Å²) in [6.07, 6.45) is 5.84. The molecule has 0 radical (unpaired) electrons. The minimum absolute atomic E-state index is 0.339. The average molecular weight is 221 g/mol. The molecule has 1 aromatic heterocycles. The summed E-state index contributed by atoms with van der Waals surface area (Å²) in [6, 6.07) is 0. The molecule has 0 spiro atoms. The molecule has 88 valence electrons. The van der Waals surface area contributed by atoms with E-state index in [9.17, 15) is 0 Å². The van der Waals surface area contributed by atoms with Crippen LogP contribution < -0.4 is 10.6 Å². The van der Waals surface area contributed by atoms with Gasteiger partial charge in [-0.3, -0.25) is 0 Å². The lowest BCUT2D eigenvalue weighted by molar-refractivity contribution is 0.726. The van der Waals surface area contributed by atoms with Crippen LogP contribution in [-0.4, -0.2) is 28.0 Å². The number of rotatable bonds is 2. The first-order valence-electron chi connectivity index (χ1n) is 6.05. The van der Waals surface area contributed by atoms with Crippen molar-refractivity contribution in [2.75, 3.05) is 23.7 Å². The highest BCUT2D eigenvalue weighted by molar-refractivity contribution is 5.34. The van der Waals surface area contributed by atoms with Crippen molar-refractivity contribution in [3.8, 4) is 0 Å². The van der Waals surface area contributed by atoms with Gasteiger partial charge in [-0.2, -0.15) is 15.0 Å². The van der Waals surface area contributed by atoms with E-state index in [-0.39, 0.29) is 0 Å². The Bertz CT molecular complexity index is 344. The highest BCUT2D eigenvalue weighted by Gasteiger charge is 2.13. The van der Waals surface area contributed by atoms with Gasteiger partial charge in [-0.25, -0.2) is 0 Å². The third-order valence-corrected chi connectivity index (χ3v) is 2.89. The molecule has 1 aliphatic heterocycles. The maximum Gasteiger partial charge on any atom is 0.230 e. The molecule has 2 N–H and O–H groups in total. The molecular formula is C11H19N5. The van der Waals surface area contributed by atoms with Gasteiger partial charge in [0.05, 0.1) is 0 Å². The van der Waals surface area contributed by atoms with E-state index in [1.807, 2.05) is 6.92 Å². The van der Waals surface area contributed by atoms with Crippen LogP contribution in [0.25, 0.3) is 0 Å². The van der Waals surface area contributed by atoms with E-state index < -0.39 is 0 Å². The van der Waals surface area contributed by atoms with E-state index in [0.717, 1.165) is 31.3 Å². The molecule has 0 amide bonds. The van der Waals surface area contributed by atoms with Crippen LogP contribution in [0.4, 0.5) is 11.9 Å². The molecular weight excluding hydrogens is 202 g/mol. The number of aryl methyl sites for hydroxylation is 1. The lowest BCUT2D eigenvalue weighted by Crippen LogP contribution is -2.27. The highest BCUT2D eigenvalue weighted by Crippen LogP contribution is 2.16. The van der Waals surface area contributed by atoms with Crippen molar-refractivity contribution < 1.29 is 0 Å². The Balaban J connectivity index is 2.20. The topological polar surface area (TPSA) is 67.9 Å². The van der Waals surface area contributed by atoms with Crippen molar-refractivity contribution in [3.63, 3.8) is 0 Å². The van der Waals surface area contributed by atoms with Crippen molar-refractivity contribution in [1.29, 1.82) is 0 Å². The second kappa shape index (κ2) is 5.09. The van der Waals surface area contributed by atoms with Gasteiger partial charge in [-0.1, -0.05) is 19.8 Å². The zero-order valence-electron chi connectivity index (χ0n) is 9.82. The molecule has 1 saturated heterocycles. The quantitative estimate of drug-likeness (QED) is 0.817. The second-order valence-corrected chi connectivity index (χ2v) is 4.16. The van der Waals surface area contributed by atoms with Crippen LogP contribution in [-0.2, 0) is 6.42 Å². The Labute approximate surface area is 96.1 Å². The van der Waals surface area contributed by atoms with Crippen molar-refractivity contribution in [1.82, 2.24) is 15.0 Å². The number of aromatic nitrogens is 3. The molecule has 0 saturated carbocycles. The molecule has 0 aliphatic carbocycles. The summed E-state index contributed by atoms with van der Waals surface area (Å²) in [5.41, 5.74) is 5.69. The maximum absolute atomic E-state index is 5.69. The summed E-state index contributed by atoms with van der Waals surface area (Å²) >= 11 is 0. The minimum Gasteiger partial charge on any atom is -0.368 e. The van der Waals surface area contributed by atoms with Crippen LogP contribution in [0.15, 0.2) is 0 Å². The Morgan fingerprint density at radius 2 is 1.75 bits per heavy atom. The number of nitrogens with zero attached hydrogens (tertiary/aromatic N) is 4. The van der Waals surface area contributed by atoms with Gasteiger partial charge in [0, 0.05) is 19.5 Å². The van der Waals surface area contributed by atoms with E-state index in [1.165, 1.54) is 25.7 Å². The molecule has 0 bridgehead atoms. The van der Waals surface area contributed by atoms with Crippen LogP contribution in [0.5, 0.6) is 0 Å². The number of hydrogen-bond donors (Lipinski definition) is 1. The molecule has 0 aromatic carbocycles. The van der Waals surface area contributed by atoms with E-state index in [4.69, 9.17) is 5.73 Å². The first-order chi connectivity index (χ1) is 7.79. The van der Waals surface area contributed by atoms with Gasteiger partial charge in [0.25, 0.3) is 0 Å². The van der Waals surface area contributed by atoms with Crippen LogP contribution in [0, 0.1) is 0 Å². The van der Waals surface area contributed by atoms with Gasteiger partial charge in [0.1, 0.15) is 5.82 Å². The maximum atomic E-state index is 5.69. The third kappa shape index (κ3) is 2.59.